The molecular formula is C15H14N4O5S. The lowest BCUT2D eigenvalue weighted by Crippen LogP contribution is -2.14. The number of anilines is 1. The average Bonchev–Trinajstić information content (AvgIpc) is 2.95. The molecule has 1 aliphatic rings. The van der Waals surface area contributed by atoms with Crippen LogP contribution in [-0.4, -0.2) is 20.7 Å². The van der Waals surface area contributed by atoms with Gasteiger partial charge in [0.15, 0.2) is 5.13 Å². The van der Waals surface area contributed by atoms with Gasteiger partial charge in [-0.3, -0.25) is 30.3 Å². The number of non-ortho nitro benzene ring substituents is 1. The first-order valence-corrected chi connectivity index (χ1v) is 8.39. The van der Waals surface area contributed by atoms with Crippen molar-refractivity contribution in [2.24, 2.45) is 5.92 Å². The third kappa shape index (κ3) is 3.48. The highest BCUT2D eigenvalue weighted by atomic mass is 32.1. The second kappa shape index (κ2) is 6.55. The number of carbonyl (C=O) groups excluding carboxylic acids is 1. The molecular weight excluding hydrogens is 348 g/mol. The van der Waals surface area contributed by atoms with E-state index in [9.17, 15) is 25.0 Å². The zero-order chi connectivity index (χ0) is 18.1. The van der Waals surface area contributed by atoms with Crippen LogP contribution in [0, 0.1) is 26.1 Å². The number of fused-ring (bicyclic) bond motifs is 1. The predicted molar refractivity (Wildman–Crippen MR) is 91.0 cm³/mol. The van der Waals surface area contributed by atoms with Gasteiger partial charge in [0.2, 0.25) is 0 Å². The van der Waals surface area contributed by atoms with Crippen LogP contribution in [-0.2, 0) is 12.8 Å². The molecule has 1 aromatic carbocycles. The van der Waals surface area contributed by atoms with Crippen LogP contribution in [0.3, 0.4) is 0 Å². The molecule has 0 saturated heterocycles. The first-order valence-electron chi connectivity index (χ1n) is 7.58. The van der Waals surface area contributed by atoms with Crippen LogP contribution in [0.4, 0.5) is 16.5 Å². The molecule has 130 valence electrons. The minimum atomic E-state index is -0.809. The Balaban J connectivity index is 1.86. The van der Waals surface area contributed by atoms with Gasteiger partial charge in [-0.15, -0.1) is 11.3 Å². The largest absolute Gasteiger partial charge is 0.298 e. The highest BCUT2D eigenvalue weighted by Gasteiger charge is 2.26. The summed E-state index contributed by atoms with van der Waals surface area (Å²) in [6, 6.07) is 2.93. The molecule has 0 fully saturated rings. The molecule has 0 aliphatic heterocycles. The Morgan fingerprint density at radius 1 is 1.32 bits per heavy atom. The predicted octanol–water partition coefficient (Wildman–Crippen LogP) is 3.34. The summed E-state index contributed by atoms with van der Waals surface area (Å²) in [5.74, 6) is -0.145. The number of aromatic nitrogens is 1. The lowest BCUT2D eigenvalue weighted by Gasteiger charge is -2.15. The Morgan fingerprint density at radius 3 is 2.76 bits per heavy atom. The molecule has 1 amide bonds. The van der Waals surface area contributed by atoms with E-state index in [1.807, 2.05) is 0 Å². The number of carbonyl (C=O) groups is 1. The van der Waals surface area contributed by atoms with Crippen LogP contribution in [0.5, 0.6) is 0 Å². The number of thiazole rings is 1. The summed E-state index contributed by atoms with van der Waals surface area (Å²) in [6.07, 6.45) is 2.79. The van der Waals surface area contributed by atoms with Gasteiger partial charge in [-0.2, -0.15) is 0 Å². The Bertz CT molecular complexity index is 879. The number of nitrogens with zero attached hydrogens (tertiary/aromatic N) is 3. The second-order valence-electron chi connectivity index (χ2n) is 5.91. The summed E-state index contributed by atoms with van der Waals surface area (Å²) >= 11 is 1.36. The Labute approximate surface area is 146 Å². The number of hydrogen-bond acceptors (Lipinski definition) is 7. The van der Waals surface area contributed by atoms with Crippen LogP contribution in [0.2, 0.25) is 0 Å². The smallest absolute Gasteiger partial charge is 0.289 e. The third-order valence-electron chi connectivity index (χ3n) is 4.04. The van der Waals surface area contributed by atoms with Gasteiger partial charge in [0.05, 0.1) is 21.6 Å². The molecule has 0 bridgehead atoms. The first-order chi connectivity index (χ1) is 11.8. The molecule has 25 heavy (non-hydrogen) atoms. The van der Waals surface area contributed by atoms with Crippen LogP contribution >= 0.6 is 11.3 Å². The van der Waals surface area contributed by atoms with E-state index in [1.165, 1.54) is 11.3 Å². The van der Waals surface area contributed by atoms with E-state index in [0.717, 1.165) is 48.0 Å². The summed E-state index contributed by atoms with van der Waals surface area (Å²) in [7, 11) is 0. The number of amides is 1. The van der Waals surface area contributed by atoms with Crippen molar-refractivity contribution in [1.82, 2.24) is 4.98 Å². The topological polar surface area (TPSA) is 128 Å². The maximum Gasteiger partial charge on any atom is 0.289 e. The number of aryl methyl sites for hydroxylation is 1. The Kier molecular flexibility index (Phi) is 4.45. The summed E-state index contributed by atoms with van der Waals surface area (Å²) in [5, 5.41) is 24.9. The summed E-state index contributed by atoms with van der Waals surface area (Å²) in [6.45, 7) is 2.15. The monoisotopic (exact) mass is 362 g/mol. The van der Waals surface area contributed by atoms with Gasteiger partial charge < -0.3 is 0 Å². The lowest BCUT2D eigenvalue weighted by atomic mass is 9.93. The number of benzene rings is 1. The molecule has 10 heteroatoms. The zero-order valence-electron chi connectivity index (χ0n) is 13.2. The van der Waals surface area contributed by atoms with Crippen molar-refractivity contribution < 1.29 is 14.6 Å². The molecule has 1 aromatic heterocycles. The minimum Gasteiger partial charge on any atom is -0.298 e. The maximum absolute atomic E-state index is 12.4. The number of nitrogens with one attached hydrogen (secondary N) is 1. The molecule has 1 heterocycles. The molecule has 1 atom stereocenters. The minimum absolute atomic E-state index is 0.239. The van der Waals surface area contributed by atoms with E-state index < -0.39 is 27.1 Å². The van der Waals surface area contributed by atoms with Crippen molar-refractivity contribution in [1.29, 1.82) is 0 Å². The molecule has 9 nitrogen and oxygen atoms in total. The standard InChI is InChI=1S/C15H14N4O5S/c1-8-2-5-11-13(6-8)25-15(16-11)17-14(20)10-4-3-9(18(21)22)7-12(10)19(23)24/h3-4,7-8H,2,5-6H2,1H3,(H,16,17,20). The molecule has 1 N–H and O–H groups in total. The molecule has 0 spiro atoms. The van der Waals surface area contributed by atoms with E-state index in [1.54, 1.807) is 0 Å². The highest BCUT2D eigenvalue weighted by Crippen LogP contribution is 2.33. The Hall–Kier alpha value is -2.88. The van der Waals surface area contributed by atoms with Gasteiger partial charge in [0.1, 0.15) is 5.56 Å². The zero-order valence-corrected chi connectivity index (χ0v) is 14.0. The van der Waals surface area contributed by atoms with E-state index in [0.29, 0.717) is 11.0 Å². The van der Waals surface area contributed by atoms with E-state index in [-0.39, 0.29) is 5.56 Å². The van der Waals surface area contributed by atoms with E-state index in [4.69, 9.17) is 0 Å². The highest BCUT2D eigenvalue weighted by molar-refractivity contribution is 7.15. The fraction of sp³-hybridized carbons (Fsp3) is 0.333. The number of hydrogen-bond donors (Lipinski definition) is 1. The summed E-state index contributed by atoms with van der Waals surface area (Å²) < 4.78 is 0. The lowest BCUT2D eigenvalue weighted by molar-refractivity contribution is -0.394. The number of nitro benzene ring substituents is 2. The maximum atomic E-state index is 12.4. The van der Waals surface area contributed by atoms with Crippen molar-refractivity contribution in [2.75, 3.05) is 5.32 Å². The third-order valence-corrected chi connectivity index (χ3v) is 5.08. The quantitative estimate of drug-likeness (QED) is 0.656. The van der Waals surface area contributed by atoms with E-state index >= 15 is 0 Å². The van der Waals surface area contributed by atoms with Crippen molar-refractivity contribution in [3.8, 4) is 0 Å². The normalized spacial score (nSPS) is 16.1. The first kappa shape index (κ1) is 17.0. The number of rotatable bonds is 4. The van der Waals surface area contributed by atoms with Crippen molar-refractivity contribution in [3.05, 3.63) is 54.6 Å². The van der Waals surface area contributed by atoms with Gasteiger partial charge in [0.25, 0.3) is 17.3 Å². The second-order valence-corrected chi connectivity index (χ2v) is 6.99. The molecule has 2 aromatic rings. The molecule has 3 rings (SSSR count). The molecule has 1 unspecified atom stereocenters. The summed E-state index contributed by atoms with van der Waals surface area (Å²) in [4.78, 5) is 38.2. The van der Waals surface area contributed by atoms with Gasteiger partial charge in [0, 0.05) is 10.9 Å². The van der Waals surface area contributed by atoms with E-state index in [2.05, 4.69) is 17.2 Å². The van der Waals surface area contributed by atoms with Crippen LogP contribution in [0.1, 0.15) is 34.3 Å². The average molecular weight is 362 g/mol. The van der Waals surface area contributed by atoms with Crippen LogP contribution < -0.4 is 5.32 Å². The number of nitro groups is 2. The van der Waals surface area contributed by atoms with Gasteiger partial charge in [-0.1, -0.05) is 6.92 Å². The van der Waals surface area contributed by atoms with Crippen LogP contribution in [0.25, 0.3) is 0 Å². The van der Waals surface area contributed by atoms with Crippen molar-refractivity contribution >= 4 is 33.8 Å². The van der Waals surface area contributed by atoms with Gasteiger partial charge >= 0.3 is 0 Å². The SMILES string of the molecule is CC1CCc2nc(NC(=O)c3ccc([N+](=O)[O-])cc3[N+](=O)[O-])sc2C1. The summed E-state index contributed by atoms with van der Waals surface area (Å²) in [5.41, 5.74) is -0.336. The van der Waals surface area contributed by atoms with Crippen molar-refractivity contribution in [2.45, 2.75) is 26.2 Å². The van der Waals surface area contributed by atoms with Crippen molar-refractivity contribution in [3.63, 3.8) is 0 Å². The fourth-order valence-corrected chi connectivity index (χ4v) is 3.90. The van der Waals surface area contributed by atoms with Crippen LogP contribution in [0.15, 0.2) is 18.2 Å². The van der Waals surface area contributed by atoms with Gasteiger partial charge in [-0.05, 0) is 31.2 Å². The fourth-order valence-electron chi connectivity index (χ4n) is 2.73. The molecule has 1 aliphatic carbocycles. The Morgan fingerprint density at radius 2 is 2.08 bits per heavy atom. The molecule has 0 radical (unpaired) electrons. The molecule has 0 saturated carbocycles. The van der Waals surface area contributed by atoms with Gasteiger partial charge in [-0.25, -0.2) is 4.98 Å².